The van der Waals surface area contributed by atoms with Gasteiger partial charge in [0.1, 0.15) is 6.67 Å². The number of hydrogen-bond acceptors (Lipinski definition) is 4. The first-order chi connectivity index (χ1) is 14.4. The van der Waals surface area contributed by atoms with E-state index in [0.29, 0.717) is 33.5 Å². The summed E-state index contributed by atoms with van der Waals surface area (Å²) < 4.78 is 6.52. The van der Waals surface area contributed by atoms with Gasteiger partial charge in [-0.25, -0.2) is 4.68 Å². The first-order valence-corrected chi connectivity index (χ1v) is 10.9. The van der Waals surface area contributed by atoms with Crippen LogP contribution in [0, 0.1) is 0 Å². The van der Waals surface area contributed by atoms with E-state index in [1.54, 1.807) is 50.8 Å². The third kappa shape index (κ3) is 4.94. The number of aromatic nitrogens is 6. The van der Waals surface area contributed by atoms with Crippen molar-refractivity contribution in [2.75, 3.05) is 5.32 Å². The fourth-order valence-corrected chi connectivity index (χ4v) is 3.75. The Morgan fingerprint density at radius 2 is 1.87 bits per heavy atom. The normalized spacial score (nSPS) is 11.1. The minimum Gasteiger partial charge on any atom is -0.303 e. The number of halogens is 4. The van der Waals surface area contributed by atoms with Crippen LogP contribution in [0.4, 0.5) is 5.82 Å². The molecule has 3 heterocycles. The molecule has 1 amide bonds. The molecule has 0 aliphatic rings. The monoisotopic (exact) mass is 571 g/mol. The Balaban J connectivity index is 1.42. The van der Waals surface area contributed by atoms with Crippen molar-refractivity contribution in [3.63, 3.8) is 0 Å². The summed E-state index contributed by atoms with van der Waals surface area (Å²) in [5.41, 5.74) is 1.20. The van der Waals surface area contributed by atoms with E-state index in [-0.39, 0.29) is 11.6 Å². The lowest BCUT2D eigenvalue weighted by Crippen LogP contribution is -2.15. The van der Waals surface area contributed by atoms with Crippen LogP contribution in [-0.2, 0) is 13.2 Å². The van der Waals surface area contributed by atoms with E-state index in [4.69, 9.17) is 23.2 Å². The van der Waals surface area contributed by atoms with E-state index in [2.05, 4.69) is 52.5 Å². The van der Waals surface area contributed by atoms with E-state index in [0.717, 1.165) is 10.0 Å². The standard InChI is InChI=1S/C18H13Br2Cl2N7O/c19-12-6-23-29(8-12)10-27-4-3-16(25-27)18(30)24-17-13(20)9-28(26-17)7-11-1-2-14(21)15(22)5-11/h1-6,8-9H,7,10H2,(H,24,26,30). The van der Waals surface area contributed by atoms with Crippen LogP contribution < -0.4 is 5.32 Å². The Morgan fingerprint density at radius 3 is 2.60 bits per heavy atom. The Bertz CT molecular complexity index is 1220. The van der Waals surface area contributed by atoms with Gasteiger partial charge in [-0.05, 0) is 55.6 Å². The second-order valence-electron chi connectivity index (χ2n) is 6.31. The van der Waals surface area contributed by atoms with Crippen LogP contribution >= 0.6 is 55.1 Å². The smallest absolute Gasteiger partial charge is 0.277 e. The molecule has 0 unspecified atom stereocenters. The maximum atomic E-state index is 12.6. The van der Waals surface area contributed by atoms with Crippen molar-refractivity contribution in [2.45, 2.75) is 13.2 Å². The van der Waals surface area contributed by atoms with Gasteiger partial charge in [-0.2, -0.15) is 15.3 Å². The molecule has 1 N–H and O–H groups in total. The predicted octanol–water partition coefficient (Wildman–Crippen LogP) is 4.91. The highest BCUT2D eigenvalue weighted by Gasteiger charge is 2.15. The lowest BCUT2D eigenvalue weighted by molar-refractivity contribution is 0.102. The van der Waals surface area contributed by atoms with Gasteiger partial charge >= 0.3 is 0 Å². The van der Waals surface area contributed by atoms with Gasteiger partial charge in [0.15, 0.2) is 11.5 Å². The van der Waals surface area contributed by atoms with Crippen molar-refractivity contribution in [3.8, 4) is 0 Å². The molecule has 4 rings (SSSR count). The number of hydrogen-bond donors (Lipinski definition) is 1. The lowest BCUT2D eigenvalue weighted by atomic mass is 10.2. The molecule has 154 valence electrons. The summed E-state index contributed by atoms with van der Waals surface area (Å²) in [4.78, 5) is 12.6. The van der Waals surface area contributed by atoms with Crippen LogP contribution in [0.1, 0.15) is 16.1 Å². The molecule has 0 aliphatic carbocycles. The Hall–Kier alpha value is -2.14. The number of anilines is 1. The van der Waals surface area contributed by atoms with Crippen LogP contribution in [-0.4, -0.2) is 35.2 Å². The van der Waals surface area contributed by atoms with E-state index in [9.17, 15) is 4.79 Å². The Morgan fingerprint density at radius 1 is 1.03 bits per heavy atom. The number of amides is 1. The maximum absolute atomic E-state index is 12.6. The molecule has 0 aliphatic heterocycles. The van der Waals surface area contributed by atoms with Crippen molar-refractivity contribution in [1.29, 1.82) is 0 Å². The molecule has 4 aromatic rings. The third-order valence-corrected chi connectivity index (χ3v) is 5.77. The average Bonchev–Trinajstić information content (AvgIpc) is 3.40. The molecular formula is C18H13Br2Cl2N7O. The number of benzene rings is 1. The molecule has 1 aromatic carbocycles. The van der Waals surface area contributed by atoms with Crippen molar-refractivity contribution in [3.05, 3.63) is 79.3 Å². The van der Waals surface area contributed by atoms with Gasteiger partial charge < -0.3 is 5.32 Å². The van der Waals surface area contributed by atoms with Crippen LogP contribution in [0.5, 0.6) is 0 Å². The molecule has 12 heteroatoms. The second kappa shape index (κ2) is 8.93. The Labute approximate surface area is 198 Å². The highest BCUT2D eigenvalue weighted by atomic mass is 79.9. The molecule has 8 nitrogen and oxygen atoms in total. The molecule has 0 saturated carbocycles. The van der Waals surface area contributed by atoms with Crippen molar-refractivity contribution < 1.29 is 4.79 Å². The van der Waals surface area contributed by atoms with Crippen LogP contribution in [0.2, 0.25) is 10.0 Å². The molecule has 3 aromatic heterocycles. The summed E-state index contributed by atoms with van der Waals surface area (Å²) in [6.07, 6.45) is 6.98. The molecule has 30 heavy (non-hydrogen) atoms. The van der Waals surface area contributed by atoms with Crippen LogP contribution in [0.25, 0.3) is 0 Å². The van der Waals surface area contributed by atoms with Gasteiger partial charge in [-0.1, -0.05) is 29.3 Å². The summed E-state index contributed by atoms with van der Waals surface area (Å²) in [5.74, 6) is 0.0292. The molecule has 0 atom stereocenters. The number of nitrogens with one attached hydrogen (secondary N) is 1. The fourth-order valence-electron chi connectivity index (χ4n) is 2.69. The lowest BCUT2D eigenvalue weighted by Gasteiger charge is -2.04. The van der Waals surface area contributed by atoms with Gasteiger partial charge in [0.05, 0.1) is 31.7 Å². The maximum Gasteiger partial charge on any atom is 0.277 e. The highest BCUT2D eigenvalue weighted by Crippen LogP contribution is 2.25. The highest BCUT2D eigenvalue weighted by molar-refractivity contribution is 9.10. The van der Waals surface area contributed by atoms with E-state index < -0.39 is 0 Å². The van der Waals surface area contributed by atoms with Gasteiger partial charge in [0.2, 0.25) is 0 Å². The number of carbonyl (C=O) groups excluding carboxylic acids is 1. The van der Waals surface area contributed by atoms with Crippen LogP contribution in [0.3, 0.4) is 0 Å². The van der Waals surface area contributed by atoms with E-state index in [1.807, 2.05) is 12.3 Å². The van der Waals surface area contributed by atoms with Gasteiger partial charge in [0.25, 0.3) is 5.91 Å². The zero-order valence-electron chi connectivity index (χ0n) is 15.1. The van der Waals surface area contributed by atoms with Gasteiger partial charge in [0, 0.05) is 18.6 Å². The third-order valence-electron chi connectivity index (χ3n) is 4.04. The molecule has 0 fully saturated rings. The van der Waals surface area contributed by atoms with Crippen molar-refractivity contribution in [2.24, 2.45) is 0 Å². The van der Waals surface area contributed by atoms with E-state index in [1.165, 1.54) is 0 Å². The first-order valence-electron chi connectivity index (χ1n) is 8.57. The predicted molar refractivity (Wildman–Crippen MR) is 121 cm³/mol. The zero-order valence-corrected chi connectivity index (χ0v) is 19.8. The van der Waals surface area contributed by atoms with Crippen molar-refractivity contribution >= 4 is 66.8 Å². The topological polar surface area (TPSA) is 82.6 Å². The molecule has 0 saturated heterocycles. The SMILES string of the molecule is O=C(Nc1nn(Cc2ccc(Cl)c(Cl)c2)cc1Br)c1ccn(Cn2cc(Br)cn2)n1. The van der Waals surface area contributed by atoms with Gasteiger partial charge in [-0.3, -0.25) is 14.2 Å². The van der Waals surface area contributed by atoms with Crippen LogP contribution in [0.15, 0.2) is 58.0 Å². The molecule has 0 spiro atoms. The van der Waals surface area contributed by atoms with E-state index >= 15 is 0 Å². The average molecular weight is 574 g/mol. The summed E-state index contributed by atoms with van der Waals surface area (Å²) in [5, 5.41) is 16.6. The van der Waals surface area contributed by atoms with Gasteiger partial charge in [-0.15, -0.1) is 0 Å². The second-order valence-corrected chi connectivity index (χ2v) is 8.89. The molecule has 0 bridgehead atoms. The first kappa shape index (κ1) is 21.1. The number of carbonyl (C=O) groups is 1. The summed E-state index contributed by atoms with van der Waals surface area (Å²) in [6, 6.07) is 7.02. The number of nitrogens with zero attached hydrogens (tertiary/aromatic N) is 6. The minimum absolute atomic E-state index is 0.271. The molecule has 0 radical (unpaired) electrons. The molecular weight excluding hydrogens is 561 g/mol. The Kier molecular flexibility index (Phi) is 6.28. The zero-order chi connectivity index (χ0) is 21.3. The number of rotatable bonds is 6. The van der Waals surface area contributed by atoms with Crippen molar-refractivity contribution in [1.82, 2.24) is 29.3 Å². The summed E-state index contributed by atoms with van der Waals surface area (Å²) in [7, 11) is 0. The largest absolute Gasteiger partial charge is 0.303 e. The quantitative estimate of drug-likeness (QED) is 0.355. The fraction of sp³-hybridized carbons (Fsp3) is 0.111. The minimum atomic E-state index is -0.365. The summed E-state index contributed by atoms with van der Waals surface area (Å²) in [6.45, 7) is 0.861. The summed E-state index contributed by atoms with van der Waals surface area (Å²) >= 11 is 18.8.